The third-order valence-electron chi connectivity index (χ3n) is 11.2. The minimum absolute atomic E-state index is 0.0922. The van der Waals surface area contributed by atoms with E-state index < -0.39 is 12.1 Å². The first-order valence-corrected chi connectivity index (χ1v) is 19.6. The second kappa shape index (κ2) is 16.0. The Morgan fingerprint density at radius 3 is 2.26 bits per heavy atom. The molecular formula is C45H46N6O6. The maximum absolute atomic E-state index is 13.6. The Hall–Kier alpha value is -6.43. The number of hydrogen-bond donors (Lipinski definition) is 3. The third kappa shape index (κ3) is 7.72. The number of amides is 3. The van der Waals surface area contributed by atoms with Crippen LogP contribution in [-0.2, 0) is 20.9 Å². The molecule has 2 aromatic heterocycles. The molecule has 2 aliphatic rings. The minimum Gasteiger partial charge on any atom is -0.453 e. The lowest BCUT2D eigenvalue weighted by Gasteiger charge is -2.30. The number of H-pyrrole nitrogens is 2. The van der Waals surface area contributed by atoms with Crippen molar-refractivity contribution in [2.24, 2.45) is 5.92 Å². The Kier molecular flexibility index (Phi) is 10.5. The third-order valence-corrected chi connectivity index (χ3v) is 11.2. The van der Waals surface area contributed by atoms with Crippen LogP contribution in [0.3, 0.4) is 0 Å². The molecule has 0 aliphatic carbocycles. The number of hydrogen-bond acceptors (Lipinski definition) is 7. The molecule has 3 N–H and O–H groups in total. The van der Waals surface area contributed by atoms with E-state index in [1.54, 1.807) is 17.2 Å². The molecule has 2 fully saturated rings. The van der Waals surface area contributed by atoms with Gasteiger partial charge in [0.15, 0.2) is 5.43 Å². The summed E-state index contributed by atoms with van der Waals surface area (Å²) in [5.74, 6) is 0.458. The predicted octanol–water partition coefficient (Wildman–Crippen LogP) is 8.26. The summed E-state index contributed by atoms with van der Waals surface area (Å²) in [5.41, 5.74) is 6.03. The molecule has 3 amide bonds. The summed E-state index contributed by atoms with van der Waals surface area (Å²) in [6, 6.07) is 28.4. The van der Waals surface area contributed by atoms with Crippen molar-refractivity contribution in [3.05, 3.63) is 124 Å². The summed E-state index contributed by atoms with van der Waals surface area (Å²) in [5, 5.41) is 5.39. The Balaban J connectivity index is 0.996. The van der Waals surface area contributed by atoms with Gasteiger partial charge in [-0.25, -0.2) is 14.6 Å². The zero-order valence-electron chi connectivity index (χ0n) is 32.3. The summed E-state index contributed by atoms with van der Waals surface area (Å²) < 4.78 is 10.4. The number of aromatic nitrogens is 3. The number of carbonyl (C=O) groups is 3. The Morgan fingerprint density at radius 2 is 1.51 bits per heavy atom. The van der Waals surface area contributed by atoms with Gasteiger partial charge in [0.05, 0.1) is 36.6 Å². The lowest BCUT2D eigenvalue weighted by molar-refractivity contribution is -0.135. The highest BCUT2D eigenvalue weighted by molar-refractivity contribution is 5.92. The Bertz CT molecular complexity index is 2510. The van der Waals surface area contributed by atoms with Crippen LogP contribution in [0.5, 0.6) is 0 Å². The molecular weight excluding hydrogens is 721 g/mol. The van der Waals surface area contributed by atoms with Gasteiger partial charge >= 0.3 is 12.2 Å². The molecule has 57 heavy (non-hydrogen) atoms. The van der Waals surface area contributed by atoms with Gasteiger partial charge in [0.25, 0.3) is 0 Å². The number of fused-ring (bicyclic) bond motifs is 2. The van der Waals surface area contributed by atoms with E-state index in [9.17, 15) is 19.2 Å². The van der Waals surface area contributed by atoms with Gasteiger partial charge in [-0.3, -0.25) is 14.5 Å². The first kappa shape index (κ1) is 37.5. The molecule has 0 radical (unpaired) electrons. The molecule has 4 aromatic carbocycles. The maximum Gasteiger partial charge on any atom is 0.410 e. The largest absolute Gasteiger partial charge is 0.453 e. The van der Waals surface area contributed by atoms with Crippen LogP contribution in [0, 0.1) is 5.92 Å². The van der Waals surface area contributed by atoms with Crippen LogP contribution in [-0.4, -0.2) is 69.1 Å². The quantitative estimate of drug-likeness (QED) is 0.134. The number of aromatic amines is 2. The molecule has 2 saturated heterocycles. The summed E-state index contributed by atoms with van der Waals surface area (Å²) in [7, 11) is 1.29. The molecule has 0 saturated carbocycles. The standard InChI is InChI=1S/C45H46N6O6/c1-27(2)41(49-44(54)56-3)43(53)50-19-8-12-39(50)42-46-25-37(48-42)33-16-15-29-21-30(13-14-31(29)22-33)32-17-18-34-35(23-32)47-36(24-40(34)52)38-11-7-20-51(38)45(55)57-26-28-9-5-4-6-10-28/h4-6,9-10,13-18,21-25,27,38-39,41H,7-8,11-12,19-20,26H2,1-3H3,(H,46,48)(H,47,52)(H,49,54)/t38?,39-,41-/m0/s1. The monoisotopic (exact) mass is 766 g/mol. The van der Waals surface area contributed by atoms with E-state index in [2.05, 4.69) is 51.7 Å². The van der Waals surface area contributed by atoms with Crippen LogP contribution >= 0.6 is 0 Å². The first-order valence-electron chi connectivity index (χ1n) is 19.6. The highest BCUT2D eigenvalue weighted by Crippen LogP contribution is 2.35. The van der Waals surface area contributed by atoms with E-state index in [0.717, 1.165) is 64.4 Å². The van der Waals surface area contributed by atoms with Crippen LogP contribution in [0.1, 0.15) is 68.7 Å². The van der Waals surface area contributed by atoms with E-state index in [1.165, 1.54) is 7.11 Å². The molecule has 0 bridgehead atoms. The van der Waals surface area contributed by atoms with Crippen LogP contribution in [0.2, 0.25) is 0 Å². The van der Waals surface area contributed by atoms with Gasteiger partial charge < -0.3 is 29.7 Å². The smallest absolute Gasteiger partial charge is 0.410 e. The summed E-state index contributed by atoms with van der Waals surface area (Å²) in [6.07, 6.45) is 3.96. The number of carbonyl (C=O) groups excluding carboxylic acids is 3. The lowest BCUT2D eigenvalue weighted by atomic mass is 9.98. The lowest BCUT2D eigenvalue weighted by Crippen LogP contribution is -2.51. The number of imidazole rings is 1. The van der Waals surface area contributed by atoms with Crippen LogP contribution < -0.4 is 10.7 Å². The van der Waals surface area contributed by atoms with Gasteiger partial charge in [-0.15, -0.1) is 0 Å². The summed E-state index contributed by atoms with van der Waals surface area (Å²) >= 11 is 0. The van der Waals surface area contributed by atoms with E-state index in [-0.39, 0.29) is 42.0 Å². The van der Waals surface area contributed by atoms with Crippen molar-refractivity contribution in [1.82, 2.24) is 30.1 Å². The number of nitrogens with zero attached hydrogens (tertiary/aromatic N) is 3. The van der Waals surface area contributed by atoms with Gasteiger partial charge in [0.2, 0.25) is 5.91 Å². The van der Waals surface area contributed by atoms with Gasteiger partial charge in [0, 0.05) is 35.8 Å². The topological polar surface area (TPSA) is 150 Å². The molecule has 0 spiro atoms. The molecule has 4 heterocycles. The van der Waals surface area contributed by atoms with Crippen molar-refractivity contribution < 1.29 is 23.9 Å². The van der Waals surface area contributed by atoms with Crippen LogP contribution in [0.15, 0.2) is 102 Å². The van der Waals surface area contributed by atoms with Crippen molar-refractivity contribution in [1.29, 1.82) is 0 Å². The summed E-state index contributed by atoms with van der Waals surface area (Å²) in [4.78, 5) is 67.2. The van der Waals surface area contributed by atoms with Gasteiger partial charge in [-0.2, -0.15) is 0 Å². The molecule has 1 unspecified atom stereocenters. The van der Waals surface area contributed by atoms with Crippen molar-refractivity contribution in [2.75, 3.05) is 20.2 Å². The van der Waals surface area contributed by atoms with E-state index in [1.807, 2.05) is 67.3 Å². The molecule has 12 heteroatoms. The average molecular weight is 767 g/mol. The molecule has 292 valence electrons. The number of nitrogens with one attached hydrogen (secondary N) is 3. The average Bonchev–Trinajstić information content (AvgIpc) is 4.03. The number of methoxy groups -OCH3 is 1. The van der Waals surface area contributed by atoms with Crippen LogP contribution in [0.25, 0.3) is 44.1 Å². The van der Waals surface area contributed by atoms with Gasteiger partial charge in [-0.05, 0) is 83.3 Å². The molecule has 3 atom stereocenters. The predicted molar refractivity (Wildman–Crippen MR) is 218 cm³/mol. The highest BCUT2D eigenvalue weighted by Gasteiger charge is 2.37. The number of alkyl carbamates (subject to hydrolysis) is 1. The number of benzene rings is 4. The highest BCUT2D eigenvalue weighted by atomic mass is 16.6. The number of pyridine rings is 1. The fourth-order valence-corrected chi connectivity index (χ4v) is 8.18. The fourth-order valence-electron chi connectivity index (χ4n) is 8.18. The second-order valence-corrected chi connectivity index (χ2v) is 15.2. The summed E-state index contributed by atoms with van der Waals surface area (Å²) in [6.45, 7) is 5.14. The van der Waals surface area contributed by atoms with Gasteiger partial charge in [-0.1, -0.05) is 74.5 Å². The Morgan fingerprint density at radius 1 is 0.825 bits per heavy atom. The van der Waals surface area contributed by atoms with Gasteiger partial charge in [0.1, 0.15) is 18.5 Å². The van der Waals surface area contributed by atoms with Crippen molar-refractivity contribution in [2.45, 2.75) is 64.3 Å². The Labute approximate surface area is 330 Å². The van der Waals surface area contributed by atoms with E-state index >= 15 is 0 Å². The second-order valence-electron chi connectivity index (χ2n) is 15.2. The fraction of sp³-hybridized carbons (Fsp3) is 0.311. The zero-order valence-corrected chi connectivity index (χ0v) is 32.3. The number of rotatable bonds is 9. The van der Waals surface area contributed by atoms with Crippen molar-refractivity contribution >= 4 is 39.8 Å². The maximum atomic E-state index is 13.6. The molecule has 8 rings (SSSR count). The minimum atomic E-state index is -0.696. The zero-order chi connectivity index (χ0) is 39.6. The number of ether oxygens (including phenoxy) is 2. The van der Waals surface area contributed by atoms with E-state index in [0.29, 0.717) is 35.5 Å². The van der Waals surface area contributed by atoms with Crippen LogP contribution in [0.4, 0.5) is 9.59 Å². The number of likely N-dealkylation sites (tertiary alicyclic amines) is 2. The van der Waals surface area contributed by atoms with E-state index in [4.69, 9.17) is 14.5 Å². The SMILES string of the molecule is COC(=O)N[C@H](C(=O)N1CCC[C@H]1c1ncc(-c2ccc3cc(-c4ccc5c(=O)cc(C6CCCN6C(=O)OCc6ccccc6)[nH]c5c4)ccc3c2)[nH]1)C(C)C. The normalized spacial score (nSPS) is 17.3. The molecule has 6 aromatic rings. The molecule has 12 nitrogen and oxygen atoms in total. The first-order chi connectivity index (χ1) is 27.7. The van der Waals surface area contributed by atoms with Crippen molar-refractivity contribution in [3.8, 4) is 22.4 Å². The molecule has 2 aliphatic heterocycles. The van der Waals surface area contributed by atoms with Crippen molar-refractivity contribution in [3.63, 3.8) is 0 Å².